The van der Waals surface area contributed by atoms with E-state index in [-0.39, 0.29) is 17.9 Å². The Kier molecular flexibility index (Phi) is 5.17. The Morgan fingerprint density at radius 2 is 2.06 bits per heavy atom. The van der Waals surface area contributed by atoms with Gasteiger partial charge in [0.1, 0.15) is 0 Å². The Morgan fingerprint density at radius 1 is 1.44 bits per heavy atom. The second kappa shape index (κ2) is 6.02. The number of carbonyl (C=O) groups is 1. The SMILES string of the molecule is CCN(CC(C)(C)O)C(=O)C1CCC(N)C(C)C1. The predicted molar refractivity (Wildman–Crippen MR) is 73.0 cm³/mol. The number of hydrogen-bond donors (Lipinski definition) is 2. The fourth-order valence-electron chi connectivity index (χ4n) is 2.71. The van der Waals surface area contributed by atoms with Crippen molar-refractivity contribution in [2.24, 2.45) is 17.6 Å². The zero-order valence-corrected chi connectivity index (χ0v) is 12.1. The summed E-state index contributed by atoms with van der Waals surface area (Å²) in [4.78, 5) is 14.2. The number of likely N-dealkylation sites (N-methyl/N-ethyl adjacent to an activating group) is 1. The fraction of sp³-hybridized carbons (Fsp3) is 0.929. The monoisotopic (exact) mass is 256 g/mol. The first-order valence-electron chi connectivity index (χ1n) is 7.01. The third-order valence-electron chi connectivity index (χ3n) is 3.86. The molecule has 0 aromatic rings. The minimum absolute atomic E-state index is 0.0853. The van der Waals surface area contributed by atoms with Crippen LogP contribution < -0.4 is 5.73 Å². The minimum atomic E-state index is -0.831. The standard InChI is InChI=1S/C14H28N2O2/c1-5-16(9-14(3,4)18)13(17)11-6-7-12(15)10(2)8-11/h10-12,18H,5-9,15H2,1-4H3. The average molecular weight is 256 g/mol. The molecule has 1 amide bonds. The van der Waals surface area contributed by atoms with E-state index in [0.717, 1.165) is 19.3 Å². The van der Waals surface area contributed by atoms with Gasteiger partial charge < -0.3 is 15.7 Å². The minimum Gasteiger partial charge on any atom is -0.389 e. The average Bonchev–Trinajstić information content (AvgIpc) is 2.27. The molecule has 3 atom stereocenters. The van der Waals surface area contributed by atoms with Crippen molar-refractivity contribution in [1.29, 1.82) is 0 Å². The highest BCUT2D eigenvalue weighted by atomic mass is 16.3. The molecule has 1 aliphatic carbocycles. The normalized spacial score (nSPS) is 29.1. The van der Waals surface area contributed by atoms with Crippen LogP contribution in [-0.2, 0) is 4.79 Å². The molecule has 4 nitrogen and oxygen atoms in total. The summed E-state index contributed by atoms with van der Waals surface area (Å²) >= 11 is 0. The molecule has 0 bridgehead atoms. The first-order chi connectivity index (χ1) is 8.24. The van der Waals surface area contributed by atoms with E-state index in [1.165, 1.54) is 0 Å². The maximum atomic E-state index is 12.4. The molecule has 1 aliphatic rings. The zero-order chi connectivity index (χ0) is 13.9. The summed E-state index contributed by atoms with van der Waals surface area (Å²) in [5.74, 6) is 0.675. The van der Waals surface area contributed by atoms with Crippen molar-refractivity contribution in [2.45, 2.75) is 58.6 Å². The van der Waals surface area contributed by atoms with E-state index < -0.39 is 5.60 Å². The van der Waals surface area contributed by atoms with E-state index >= 15 is 0 Å². The Morgan fingerprint density at radius 3 is 2.50 bits per heavy atom. The number of carbonyl (C=O) groups excluding carboxylic acids is 1. The van der Waals surface area contributed by atoms with Gasteiger partial charge in [0.15, 0.2) is 0 Å². The smallest absolute Gasteiger partial charge is 0.225 e. The third-order valence-corrected chi connectivity index (χ3v) is 3.86. The van der Waals surface area contributed by atoms with Crippen LogP contribution in [-0.4, -0.2) is 40.6 Å². The summed E-state index contributed by atoms with van der Waals surface area (Å²) in [6.07, 6.45) is 2.69. The molecular formula is C14H28N2O2. The number of rotatable bonds is 4. The number of amides is 1. The molecule has 0 aliphatic heterocycles. The van der Waals surface area contributed by atoms with Gasteiger partial charge in [0.25, 0.3) is 0 Å². The molecule has 0 radical (unpaired) electrons. The van der Waals surface area contributed by atoms with Crippen molar-refractivity contribution in [3.8, 4) is 0 Å². The molecule has 1 saturated carbocycles. The van der Waals surface area contributed by atoms with E-state index in [1.54, 1.807) is 18.7 Å². The number of nitrogens with zero attached hydrogens (tertiary/aromatic N) is 1. The van der Waals surface area contributed by atoms with Gasteiger partial charge in [-0.2, -0.15) is 0 Å². The largest absolute Gasteiger partial charge is 0.389 e. The van der Waals surface area contributed by atoms with E-state index in [9.17, 15) is 9.90 Å². The summed E-state index contributed by atoms with van der Waals surface area (Å²) < 4.78 is 0. The van der Waals surface area contributed by atoms with Crippen LogP contribution in [0.1, 0.15) is 47.0 Å². The lowest BCUT2D eigenvalue weighted by Gasteiger charge is -2.36. The van der Waals surface area contributed by atoms with Crippen LogP contribution in [0, 0.1) is 11.8 Å². The first kappa shape index (κ1) is 15.4. The van der Waals surface area contributed by atoms with Crippen molar-refractivity contribution in [3.63, 3.8) is 0 Å². The van der Waals surface area contributed by atoms with Gasteiger partial charge in [-0.1, -0.05) is 6.92 Å². The number of hydrogen-bond acceptors (Lipinski definition) is 3. The molecule has 18 heavy (non-hydrogen) atoms. The second-order valence-corrected chi connectivity index (χ2v) is 6.32. The molecule has 0 saturated heterocycles. The maximum absolute atomic E-state index is 12.4. The predicted octanol–water partition coefficient (Wildman–Crippen LogP) is 1.37. The van der Waals surface area contributed by atoms with Crippen LogP contribution in [0.25, 0.3) is 0 Å². The third kappa shape index (κ3) is 4.25. The van der Waals surface area contributed by atoms with Crippen LogP contribution in [0.15, 0.2) is 0 Å². The van der Waals surface area contributed by atoms with Gasteiger partial charge in [0, 0.05) is 25.0 Å². The molecule has 3 N–H and O–H groups in total. The van der Waals surface area contributed by atoms with Gasteiger partial charge in [-0.3, -0.25) is 4.79 Å². The van der Waals surface area contributed by atoms with E-state index in [2.05, 4.69) is 6.92 Å². The molecule has 3 unspecified atom stereocenters. The van der Waals surface area contributed by atoms with Crippen LogP contribution in [0.5, 0.6) is 0 Å². The Hall–Kier alpha value is -0.610. The lowest BCUT2D eigenvalue weighted by atomic mass is 9.78. The molecular weight excluding hydrogens is 228 g/mol. The molecule has 106 valence electrons. The molecule has 0 heterocycles. The van der Waals surface area contributed by atoms with Crippen LogP contribution in [0.2, 0.25) is 0 Å². The zero-order valence-electron chi connectivity index (χ0n) is 12.1. The Balaban J connectivity index is 2.62. The molecule has 0 aromatic carbocycles. The van der Waals surface area contributed by atoms with Gasteiger partial charge in [0.05, 0.1) is 5.60 Å². The Labute approximate surface area is 111 Å². The number of aliphatic hydroxyl groups is 1. The second-order valence-electron chi connectivity index (χ2n) is 6.32. The summed E-state index contributed by atoms with van der Waals surface area (Å²) in [6, 6.07) is 0.235. The van der Waals surface area contributed by atoms with Gasteiger partial charge in [-0.25, -0.2) is 0 Å². The molecule has 1 rings (SSSR count). The highest BCUT2D eigenvalue weighted by Gasteiger charge is 2.33. The molecule has 0 aromatic heterocycles. The molecule has 4 heteroatoms. The maximum Gasteiger partial charge on any atom is 0.225 e. The van der Waals surface area contributed by atoms with Crippen molar-refractivity contribution in [1.82, 2.24) is 4.90 Å². The highest BCUT2D eigenvalue weighted by molar-refractivity contribution is 5.79. The van der Waals surface area contributed by atoms with Gasteiger partial charge in [-0.15, -0.1) is 0 Å². The fourth-order valence-corrected chi connectivity index (χ4v) is 2.71. The van der Waals surface area contributed by atoms with E-state index in [0.29, 0.717) is 19.0 Å². The molecule has 0 spiro atoms. The van der Waals surface area contributed by atoms with Crippen molar-refractivity contribution in [2.75, 3.05) is 13.1 Å². The topological polar surface area (TPSA) is 66.6 Å². The number of nitrogens with two attached hydrogens (primary N) is 1. The first-order valence-corrected chi connectivity index (χ1v) is 7.01. The summed E-state index contributed by atoms with van der Waals surface area (Å²) in [7, 11) is 0. The molecule has 1 fully saturated rings. The van der Waals surface area contributed by atoms with Gasteiger partial charge >= 0.3 is 0 Å². The van der Waals surface area contributed by atoms with Gasteiger partial charge in [0.2, 0.25) is 5.91 Å². The van der Waals surface area contributed by atoms with Crippen LogP contribution in [0.4, 0.5) is 0 Å². The summed E-state index contributed by atoms with van der Waals surface area (Å²) in [5, 5.41) is 9.85. The lowest BCUT2D eigenvalue weighted by molar-refractivity contribution is -0.139. The van der Waals surface area contributed by atoms with Crippen molar-refractivity contribution in [3.05, 3.63) is 0 Å². The Bertz CT molecular complexity index is 286. The quantitative estimate of drug-likeness (QED) is 0.798. The summed E-state index contributed by atoms with van der Waals surface area (Å²) in [6.45, 7) is 8.61. The summed E-state index contributed by atoms with van der Waals surface area (Å²) in [5.41, 5.74) is 5.16. The van der Waals surface area contributed by atoms with E-state index in [4.69, 9.17) is 5.73 Å². The lowest BCUT2D eigenvalue weighted by Crippen LogP contribution is -2.47. The highest BCUT2D eigenvalue weighted by Crippen LogP contribution is 2.29. The van der Waals surface area contributed by atoms with Crippen molar-refractivity contribution < 1.29 is 9.90 Å². The van der Waals surface area contributed by atoms with E-state index in [1.807, 2.05) is 6.92 Å². The van der Waals surface area contributed by atoms with Crippen molar-refractivity contribution >= 4 is 5.91 Å². The van der Waals surface area contributed by atoms with Gasteiger partial charge in [-0.05, 0) is 46.0 Å². The van der Waals surface area contributed by atoms with Crippen LogP contribution >= 0.6 is 0 Å². The van der Waals surface area contributed by atoms with Crippen LogP contribution in [0.3, 0.4) is 0 Å².